The number of nitrogens with two attached hydrogens (primary N) is 1. The Morgan fingerprint density at radius 3 is 2.26 bits per heavy atom. The highest BCUT2D eigenvalue weighted by atomic mass is 35.5. The number of esters is 1. The van der Waals surface area contributed by atoms with Crippen molar-refractivity contribution in [2.45, 2.75) is 25.8 Å². The van der Waals surface area contributed by atoms with E-state index in [0.29, 0.717) is 6.42 Å². The predicted molar refractivity (Wildman–Crippen MR) is 95.8 cm³/mol. The fourth-order valence-corrected chi connectivity index (χ4v) is 2.23. The van der Waals surface area contributed by atoms with Crippen LogP contribution in [0.15, 0.2) is 48.5 Å². The minimum atomic E-state index is -0.157. The molecule has 0 aliphatic carbocycles. The van der Waals surface area contributed by atoms with Crippen molar-refractivity contribution >= 4 is 29.2 Å². The topological polar surface area (TPSA) is 52.3 Å². The molecule has 2 N–H and O–H groups in total. The summed E-state index contributed by atoms with van der Waals surface area (Å²) < 4.78 is 4.26. The summed E-state index contributed by atoms with van der Waals surface area (Å²) in [5, 5.41) is 1.47. The molecule has 0 aliphatic rings. The molecule has 0 heterocycles. The van der Waals surface area contributed by atoms with E-state index in [1.807, 2.05) is 48.5 Å². The molecule has 23 heavy (non-hydrogen) atoms. The van der Waals surface area contributed by atoms with Gasteiger partial charge in [-0.2, -0.15) is 0 Å². The van der Waals surface area contributed by atoms with Gasteiger partial charge in [0.25, 0.3) is 0 Å². The van der Waals surface area contributed by atoms with Crippen molar-refractivity contribution < 1.29 is 9.53 Å². The minimum Gasteiger partial charge on any atom is -0.469 e. The number of carbonyl (C=O) groups excluding carboxylic acids is 1. The number of benzene rings is 2. The number of carbonyl (C=O) groups is 1. The maximum Gasteiger partial charge on any atom is 0.305 e. The van der Waals surface area contributed by atoms with E-state index in [2.05, 4.69) is 4.74 Å². The lowest BCUT2D eigenvalue weighted by atomic mass is 10.00. The zero-order chi connectivity index (χ0) is 17.2. The summed E-state index contributed by atoms with van der Waals surface area (Å²) in [7, 11) is 1.38. The molecule has 2 rings (SSSR count). The molecule has 3 nitrogen and oxygen atoms in total. The van der Waals surface area contributed by atoms with Gasteiger partial charge < -0.3 is 10.5 Å². The summed E-state index contributed by atoms with van der Waals surface area (Å²) in [5.41, 5.74) is 8.36. The summed E-state index contributed by atoms with van der Waals surface area (Å²) in [5.74, 6) is -0.157. The monoisotopic (exact) mass is 353 g/mol. The number of methoxy groups -OCH3 is 1. The molecule has 0 spiro atoms. The standard InChI is InChI=1S/C14H13Cl2N.C4H8O2/c15-12-6-4-11(5-7-12)14(17)9-10-2-1-3-13(16)8-10;1-3-4(5)6-2/h1-8,14H,9,17H2;3H2,1-2H3. The molecule has 0 saturated carbocycles. The van der Waals surface area contributed by atoms with Gasteiger partial charge in [-0.3, -0.25) is 4.79 Å². The maximum absolute atomic E-state index is 9.96. The van der Waals surface area contributed by atoms with Gasteiger partial charge in [-0.1, -0.05) is 54.4 Å². The zero-order valence-electron chi connectivity index (χ0n) is 13.3. The van der Waals surface area contributed by atoms with Gasteiger partial charge in [0.05, 0.1) is 7.11 Å². The second-order valence-corrected chi connectivity index (χ2v) is 5.79. The Bertz CT molecular complexity index is 609. The second-order valence-electron chi connectivity index (χ2n) is 4.92. The molecule has 5 heteroatoms. The molecule has 0 bridgehead atoms. The van der Waals surface area contributed by atoms with Gasteiger partial charge in [0, 0.05) is 22.5 Å². The highest BCUT2D eigenvalue weighted by molar-refractivity contribution is 6.30. The molecule has 2 aromatic carbocycles. The van der Waals surface area contributed by atoms with Crippen LogP contribution in [0.5, 0.6) is 0 Å². The van der Waals surface area contributed by atoms with Crippen LogP contribution < -0.4 is 5.73 Å². The van der Waals surface area contributed by atoms with Gasteiger partial charge in [0.2, 0.25) is 0 Å². The second kappa shape index (κ2) is 10.3. The normalized spacial score (nSPS) is 11.2. The van der Waals surface area contributed by atoms with Crippen molar-refractivity contribution in [3.63, 3.8) is 0 Å². The SMILES string of the molecule is CCC(=O)OC.NC(Cc1cccc(Cl)c1)c1ccc(Cl)cc1. The van der Waals surface area contributed by atoms with E-state index < -0.39 is 0 Å². The lowest BCUT2D eigenvalue weighted by molar-refractivity contribution is -0.140. The largest absolute Gasteiger partial charge is 0.469 e. The van der Waals surface area contributed by atoms with E-state index in [1.165, 1.54) is 7.11 Å². The van der Waals surface area contributed by atoms with Crippen molar-refractivity contribution in [1.29, 1.82) is 0 Å². The fraction of sp³-hybridized carbons (Fsp3) is 0.278. The average Bonchev–Trinajstić information content (AvgIpc) is 2.55. The zero-order valence-corrected chi connectivity index (χ0v) is 14.8. The number of ether oxygens (including phenoxy) is 1. The fourth-order valence-electron chi connectivity index (χ4n) is 1.89. The minimum absolute atomic E-state index is 0.0364. The van der Waals surface area contributed by atoms with Crippen LogP contribution in [-0.4, -0.2) is 13.1 Å². The van der Waals surface area contributed by atoms with Crippen LogP contribution in [-0.2, 0) is 16.0 Å². The number of rotatable bonds is 4. The van der Waals surface area contributed by atoms with Crippen LogP contribution in [0.2, 0.25) is 10.0 Å². The van der Waals surface area contributed by atoms with E-state index in [-0.39, 0.29) is 12.0 Å². The van der Waals surface area contributed by atoms with Crippen LogP contribution >= 0.6 is 23.2 Å². The molecule has 0 fully saturated rings. The van der Waals surface area contributed by atoms with Gasteiger partial charge in [-0.25, -0.2) is 0 Å². The first-order valence-corrected chi connectivity index (χ1v) is 8.04. The van der Waals surface area contributed by atoms with Crippen molar-refractivity contribution in [2.75, 3.05) is 7.11 Å². The first-order chi connectivity index (χ1) is 11.0. The molecular formula is C18H21Cl2NO2. The van der Waals surface area contributed by atoms with Crippen molar-refractivity contribution in [1.82, 2.24) is 0 Å². The third-order valence-electron chi connectivity index (χ3n) is 3.16. The Labute approximate surface area is 147 Å². The maximum atomic E-state index is 9.96. The molecule has 1 unspecified atom stereocenters. The lowest BCUT2D eigenvalue weighted by Crippen LogP contribution is -2.13. The van der Waals surface area contributed by atoms with Crippen LogP contribution in [0.3, 0.4) is 0 Å². The van der Waals surface area contributed by atoms with E-state index in [1.54, 1.807) is 6.92 Å². The Balaban J connectivity index is 0.000000379. The Morgan fingerprint density at radius 2 is 1.78 bits per heavy atom. The number of halogens is 2. The van der Waals surface area contributed by atoms with Gasteiger partial charge in [0.1, 0.15) is 0 Å². The predicted octanol–water partition coefficient (Wildman–Crippen LogP) is 4.81. The van der Waals surface area contributed by atoms with Crippen molar-refractivity contribution in [3.8, 4) is 0 Å². The molecule has 0 aliphatic heterocycles. The Kier molecular flexibility index (Phi) is 8.70. The molecule has 0 saturated heterocycles. The third kappa shape index (κ3) is 7.51. The van der Waals surface area contributed by atoms with Crippen molar-refractivity contribution in [2.24, 2.45) is 5.73 Å². The van der Waals surface area contributed by atoms with Gasteiger partial charge in [0.15, 0.2) is 0 Å². The highest BCUT2D eigenvalue weighted by Crippen LogP contribution is 2.20. The molecule has 0 aromatic heterocycles. The summed E-state index contributed by atoms with van der Waals surface area (Å²) in [4.78, 5) is 9.96. The van der Waals surface area contributed by atoms with Gasteiger partial charge >= 0.3 is 5.97 Å². The van der Waals surface area contributed by atoms with E-state index >= 15 is 0 Å². The molecule has 0 radical (unpaired) electrons. The quantitative estimate of drug-likeness (QED) is 0.802. The first kappa shape index (κ1) is 19.5. The molecule has 0 amide bonds. The van der Waals surface area contributed by atoms with E-state index in [4.69, 9.17) is 28.9 Å². The molecular weight excluding hydrogens is 333 g/mol. The lowest BCUT2D eigenvalue weighted by Gasteiger charge is -2.12. The van der Waals surface area contributed by atoms with Crippen LogP contribution in [0.1, 0.15) is 30.5 Å². The summed E-state index contributed by atoms with van der Waals surface area (Å²) >= 11 is 11.8. The van der Waals surface area contributed by atoms with Crippen LogP contribution in [0.25, 0.3) is 0 Å². The summed E-state index contributed by atoms with van der Waals surface area (Å²) in [6.07, 6.45) is 1.23. The van der Waals surface area contributed by atoms with Gasteiger partial charge in [-0.05, 0) is 41.8 Å². The molecule has 124 valence electrons. The smallest absolute Gasteiger partial charge is 0.305 e. The molecule has 2 aromatic rings. The van der Waals surface area contributed by atoms with E-state index in [0.717, 1.165) is 27.6 Å². The highest BCUT2D eigenvalue weighted by Gasteiger charge is 2.07. The average molecular weight is 354 g/mol. The number of hydrogen-bond acceptors (Lipinski definition) is 3. The van der Waals surface area contributed by atoms with Gasteiger partial charge in [-0.15, -0.1) is 0 Å². The Morgan fingerprint density at radius 1 is 1.13 bits per heavy atom. The van der Waals surface area contributed by atoms with Crippen LogP contribution in [0, 0.1) is 0 Å². The molecule has 1 atom stereocenters. The third-order valence-corrected chi connectivity index (χ3v) is 3.65. The van der Waals surface area contributed by atoms with Crippen LogP contribution in [0.4, 0.5) is 0 Å². The summed E-state index contributed by atoms with van der Waals surface area (Å²) in [6, 6.07) is 15.4. The van der Waals surface area contributed by atoms with E-state index in [9.17, 15) is 4.79 Å². The van der Waals surface area contributed by atoms with Crippen molar-refractivity contribution in [3.05, 3.63) is 69.7 Å². The Hall–Kier alpha value is -1.55. The first-order valence-electron chi connectivity index (χ1n) is 7.28. The number of hydrogen-bond donors (Lipinski definition) is 1. The summed E-state index contributed by atoms with van der Waals surface area (Å²) in [6.45, 7) is 1.76.